The standard InChI is InChI=1S/C23H26N4O/c1-2-14-7-13-8-18-22-16(5-6-27(12-13)23(14)18)17-9-15(3-4-19(17)26-22)20-10-25-21(28)11-24-20/h3-4,9-11,13-14,18,23,26H,2,5-8,12H2,1H3,(H,25,28). The molecule has 5 atom stereocenters. The van der Waals surface area contributed by atoms with Crippen molar-refractivity contribution in [2.24, 2.45) is 11.8 Å². The highest BCUT2D eigenvalue weighted by Gasteiger charge is 2.48. The van der Waals surface area contributed by atoms with E-state index < -0.39 is 0 Å². The summed E-state index contributed by atoms with van der Waals surface area (Å²) in [6.45, 7) is 4.84. The van der Waals surface area contributed by atoms with Crippen molar-refractivity contribution in [3.63, 3.8) is 0 Å². The highest BCUT2D eigenvalue weighted by atomic mass is 16.1. The van der Waals surface area contributed by atoms with Gasteiger partial charge in [0.1, 0.15) is 0 Å². The predicted molar refractivity (Wildman–Crippen MR) is 110 cm³/mol. The normalized spacial score (nSPS) is 31.0. The monoisotopic (exact) mass is 374 g/mol. The van der Waals surface area contributed by atoms with Crippen LogP contribution in [-0.2, 0) is 6.42 Å². The number of hydrogen-bond acceptors (Lipinski definition) is 3. The van der Waals surface area contributed by atoms with Crippen molar-refractivity contribution < 1.29 is 0 Å². The summed E-state index contributed by atoms with van der Waals surface area (Å²) in [5.41, 5.74) is 5.96. The summed E-state index contributed by atoms with van der Waals surface area (Å²) in [5, 5.41) is 1.33. The summed E-state index contributed by atoms with van der Waals surface area (Å²) in [6, 6.07) is 7.25. The van der Waals surface area contributed by atoms with Crippen molar-refractivity contribution in [1.29, 1.82) is 0 Å². The molecule has 1 saturated carbocycles. The van der Waals surface area contributed by atoms with Crippen LogP contribution in [0.5, 0.6) is 0 Å². The molecule has 1 aliphatic carbocycles. The first-order valence-corrected chi connectivity index (χ1v) is 10.6. The summed E-state index contributed by atoms with van der Waals surface area (Å²) in [6.07, 6.45) is 8.24. The Kier molecular flexibility index (Phi) is 3.57. The van der Waals surface area contributed by atoms with Crippen LogP contribution < -0.4 is 5.56 Å². The van der Waals surface area contributed by atoms with Crippen molar-refractivity contribution in [3.05, 3.63) is 52.2 Å². The van der Waals surface area contributed by atoms with Gasteiger partial charge in [-0.2, -0.15) is 0 Å². The summed E-state index contributed by atoms with van der Waals surface area (Å²) < 4.78 is 0. The topological polar surface area (TPSA) is 64.8 Å². The third kappa shape index (κ3) is 2.35. The van der Waals surface area contributed by atoms with Gasteiger partial charge in [-0.05, 0) is 48.8 Å². The molecular weight excluding hydrogens is 348 g/mol. The maximum atomic E-state index is 11.3. The average molecular weight is 374 g/mol. The Morgan fingerprint density at radius 3 is 3.04 bits per heavy atom. The van der Waals surface area contributed by atoms with Crippen molar-refractivity contribution in [3.8, 4) is 11.3 Å². The molecule has 3 aliphatic heterocycles. The first-order valence-electron chi connectivity index (χ1n) is 10.6. The summed E-state index contributed by atoms with van der Waals surface area (Å²) in [5.74, 6) is 2.35. The van der Waals surface area contributed by atoms with E-state index >= 15 is 0 Å². The summed E-state index contributed by atoms with van der Waals surface area (Å²) >= 11 is 0. The van der Waals surface area contributed by atoms with Gasteiger partial charge in [-0.3, -0.25) is 9.69 Å². The third-order valence-corrected chi connectivity index (χ3v) is 7.48. The Balaban J connectivity index is 1.48. The van der Waals surface area contributed by atoms with Gasteiger partial charge in [0.2, 0.25) is 0 Å². The zero-order valence-electron chi connectivity index (χ0n) is 16.2. The number of piperidine rings is 2. The molecule has 5 unspecified atom stereocenters. The summed E-state index contributed by atoms with van der Waals surface area (Å²) in [7, 11) is 0. The minimum Gasteiger partial charge on any atom is -0.358 e. The molecule has 28 heavy (non-hydrogen) atoms. The van der Waals surface area contributed by atoms with E-state index in [9.17, 15) is 4.79 Å². The van der Waals surface area contributed by atoms with Crippen LogP contribution in [0.2, 0.25) is 0 Å². The maximum Gasteiger partial charge on any atom is 0.266 e. The zero-order chi connectivity index (χ0) is 18.8. The van der Waals surface area contributed by atoms with Crippen LogP contribution in [0.15, 0.2) is 35.4 Å². The smallest absolute Gasteiger partial charge is 0.266 e. The number of aromatic nitrogens is 3. The van der Waals surface area contributed by atoms with Gasteiger partial charge < -0.3 is 9.97 Å². The molecule has 0 radical (unpaired) electrons. The summed E-state index contributed by atoms with van der Waals surface area (Å²) in [4.78, 5) is 25.0. The second kappa shape index (κ2) is 6.05. The molecule has 4 aliphatic rings. The van der Waals surface area contributed by atoms with E-state index in [0.717, 1.165) is 29.5 Å². The van der Waals surface area contributed by atoms with Crippen LogP contribution >= 0.6 is 0 Å². The van der Waals surface area contributed by atoms with Crippen LogP contribution in [-0.4, -0.2) is 39.0 Å². The first kappa shape index (κ1) is 16.5. The Bertz CT molecular complexity index is 1090. The molecular formula is C23H26N4O. The third-order valence-electron chi connectivity index (χ3n) is 7.48. The fourth-order valence-corrected chi connectivity index (χ4v) is 6.35. The molecule has 2 N–H and O–H groups in total. The highest BCUT2D eigenvalue weighted by molar-refractivity contribution is 5.89. The molecule has 7 rings (SSSR count). The number of nitrogens with one attached hydrogen (secondary N) is 2. The minimum absolute atomic E-state index is 0.165. The molecule has 0 amide bonds. The fourth-order valence-electron chi connectivity index (χ4n) is 6.35. The molecule has 5 heteroatoms. The first-order chi connectivity index (χ1) is 13.7. The van der Waals surface area contributed by atoms with E-state index in [4.69, 9.17) is 0 Å². The Labute approximate surface area is 164 Å². The molecule has 2 aromatic heterocycles. The molecule has 5 heterocycles. The van der Waals surface area contributed by atoms with Gasteiger partial charge in [0, 0.05) is 53.4 Å². The van der Waals surface area contributed by atoms with Gasteiger partial charge in [0.25, 0.3) is 5.56 Å². The molecule has 4 bridgehead atoms. The van der Waals surface area contributed by atoms with Crippen molar-refractivity contribution in [2.75, 3.05) is 13.1 Å². The number of H-pyrrole nitrogens is 2. The highest BCUT2D eigenvalue weighted by Crippen LogP contribution is 2.51. The van der Waals surface area contributed by atoms with E-state index in [1.807, 2.05) is 0 Å². The van der Waals surface area contributed by atoms with Crippen molar-refractivity contribution in [2.45, 2.75) is 44.6 Å². The lowest BCUT2D eigenvalue weighted by molar-refractivity contribution is -0.0134. The molecule has 1 aromatic carbocycles. The number of fused-ring (bicyclic) bond motifs is 4. The Hall–Kier alpha value is -2.40. The minimum atomic E-state index is -0.165. The predicted octanol–water partition coefficient (Wildman–Crippen LogP) is 3.68. The lowest BCUT2D eigenvalue weighted by Gasteiger charge is -2.53. The SMILES string of the molecule is CCC1CC2CC3c4[nH]c5ccc(-c6c[nH]c(=O)cn6)cc5c4CCN(C2)C13. The average Bonchev–Trinajstić information content (AvgIpc) is 3.05. The Morgan fingerprint density at radius 1 is 1.29 bits per heavy atom. The second-order valence-corrected chi connectivity index (χ2v) is 8.92. The Morgan fingerprint density at radius 2 is 2.21 bits per heavy atom. The number of benzene rings is 1. The van der Waals surface area contributed by atoms with E-state index in [2.05, 4.69) is 45.0 Å². The molecule has 144 valence electrons. The van der Waals surface area contributed by atoms with E-state index in [1.54, 1.807) is 6.20 Å². The van der Waals surface area contributed by atoms with Gasteiger partial charge in [0.05, 0.1) is 11.9 Å². The maximum absolute atomic E-state index is 11.3. The largest absolute Gasteiger partial charge is 0.358 e. The number of nitrogens with zero attached hydrogens (tertiary/aromatic N) is 2. The van der Waals surface area contributed by atoms with Gasteiger partial charge in [-0.1, -0.05) is 19.4 Å². The lowest BCUT2D eigenvalue weighted by Crippen LogP contribution is -2.56. The number of aromatic amines is 2. The van der Waals surface area contributed by atoms with Crippen LogP contribution in [0.4, 0.5) is 0 Å². The second-order valence-electron chi connectivity index (χ2n) is 8.92. The zero-order valence-corrected chi connectivity index (χ0v) is 16.2. The molecule has 3 fully saturated rings. The van der Waals surface area contributed by atoms with E-state index in [-0.39, 0.29) is 5.56 Å². The van der Waals surface area contributed by atoms with E-state index in [1.165, 1.54) is 60.7 Å². The van der Waals surface area contributed by atoms with Crippen LogP contribution in [0.25, 0.3) is 22.2 Å². The van der Waals surface area contributed by atoms with Crippen molar-refractivity contribution in [1.82, 2.24) is 19.9 Å². The van der Waals surface area contributed by atoms with Gasteiger partial charge >= 0.3 is 0 Å². The van der Waals surface area contributed by atoms with Gasteiger partial charge in [-0.15, -0.1) is 0 Å². The number of rotatable bonds is 2. The van der Waals surface area contributed by atoms with Crippen molar-refractivity contribution >= 4 is 10.9 Å². The molecule has 5 nitrogen and oxygen atoms in total. The van der Waals surface area contributed by atoms with Crippen LogP contribution in [0, 0.1) is 11.8 Å². The molecule has 0 spiro atoms. The van der Waals surface area contributed by atoms with Gasteiger partial charge in [0.15, 0.2) is 0 Å². The fraction of sp³-hybridized carbons (Fsp3) is 0.478. The molecule has 2 saturated heterocycles. The van der Waals surface area contributed by atoms with Gasteiger partial charge in [-0.25, -0.2) is 4.98 Å². The molecule has 3 aromatic rings. The van der Waals surface area contributed by atoms with E-state index in [0.29, 0.717) is 12.0 Å². The quantitative estimate of drug-likeness (QED) is 0.719. The van der Waals surface area contributed by atoms with Crippen LogP contribution in [0.3, 0.4) is 0 Å². The van der Waals surface area contributed by atoms with Crippen LogP contribution in [0.1, 0.15) is 43.4 Å². The lowest BCUT2D eigenvalue weighted by atomic mass is 9.65. The number of hydrogen-bond donors (Lipinski definition) is 2.